The molecule has 2 aromatic heterocycles. The van der Waals surface area contributed by atoms with Gasteiger partial charge in [0, 0.05) is 45.1 Å². The van der Waals surface area contributed by atoms with E-state index in [-0.39, 0.29) is 12.2 Å². The number of rotatable bonds is 8. The first-order valence-corrected chi connectivity index (χ1v) is 11.0. The van der Waals surface area contributed by atoms with Gasteiger partial charge in [0.2, 0.25) is 0 Å². The average molecular weight is 406 g/mol. The highest BCUT2D eigenvalue weighted by molar-refractivity contribution is 7.10. The molecule has 152 valence electrons. The number of aromatic nitrogens is 1. The van der Waals surface area contributed by atoms with E-state index in [0.717, 1.165) is 54.7 Å². The van der Waals surface area contributed by atoms with Gasteiger partial charge in [0.25, 0.3) is 0 Å². The van der Waals surface area contributed by atoms with Crippen molar-refractivity contribution < 1.29 is 16.3 Å². The van der Waals surface area contributed by atoms with Crippen molar-refractivity contribution in [2.24, 2.45) is 0 Å². The number of pyridine rings is 1. The molecule has 1 aliphatic carbocycles. The minimum atomic E-state index is -2.45. The van der Waals surface area contributed by atoms with E-state index >= 15 is 0 Å². The fourth-order valence-corrected chi connectivity index (χ4v) is 5.63. The van der Waals surface area contributed by atoms with Gasteiger partial charge in [-0.25, -0.2) is 0 Å². The molecule has 1 atom stereocenters. The Bertz CT molecular complexity index is 915. The van der Waals surface area contributed by atoms with E-state index in [1.807, 2.05) is 29.6 Å². The number of nitrogens with one attached hydrogen (secondary N) is 1. The van der Waals surface area contributed by atoms with Crippen molar-refractivity contribution in [2.75, 3.05) is 20.1 Å². The van der Waals surface area contributed by atoms with E-state index in [2.05, 4.69) is 10.3 Å². The van der Waals surface area contributed by atoms with Gasteiger partial charge in [-0.05, 0) is 67.7 Å². The molecule has 0 bridgehead atoms. The number of hydrogen-bond acceptors (Lipinski definition) is 5. The summed E-state index contributed by atoms with van der Waals surface area (Å²) in [6, 6.07) is 7.73. The number of ether oxygens (including phenoxy) is 2. The molecule has 1 saturated heterocycles. The molecule has 0 amide bonds. The second-order valence-corrected chi connectivity index (χ2v) is 9.03. The molecule has 1 saturated carbocycles. The Morgan fingerprint density at radius 3 is 3.07 bits per heavy atom. The molecule has 0 aromatic carbocycles. The molecule has 1 aliphatic heterocycles. The predicted octanol–water partition coefficient (Wildman–Crippen LogP) is 4.83. The fraction of sp³-hybridized carbons (Fsp3) is 0.609. The number of nitrogens with zero attached hydrogens (tertiary/aromatic N) is 1. The maximum atomic E-state index is 8.84. The van der Waals surface area contributed by atoms with Crippen molar-refractivity contribution in [3.05, 3.63) is 52.0 Å². The van der Waals surface area contributed by atoms with Gasteiger partial charge in [0.05, 0.1) is 16.3 Å². The highest BCUT2D eigenvalue weighted by atomic mass is 32.1. The summed E-state index contributed by atoms with van der Waals surface area (Å²) in [5, 5.41) is 4.98. The molecule has 3 heterocycles. The van der Waals surface area contributed by atoms with Crippen molar-refractivity contribution in [1.82, 2.24) is 10.3 Å². The molecule has 4 rings (SSSR count). The maximum Gasteiger partial charge on any atom is 0.0724 e. The van der Waals surface area contributed by atoms with E-state index in [9.17, 15) is 0 Å². The van der Waals surface area contributed by atoms with Gasteiger partial charge in [0.1, 0.15) is 0 Å². The highest BCUT2D eigenvalue weighted by Gasteiger charge is 2.48. The Morgan fingerprint density at radius 1 is 1.32 bits per heavy atom. The smallest absolute Gasteiger partial charge is 0.0724 e. The molecule has 28 heavy (non-hydrogen) atoms. The minimum Gasteiger partial charge on any atom is -0.380 e. The summed E-state index contributed by atoms with van der Waals surface area (Å²) in [6.07, 6.45) is 7.98. The number of thiophene rings is 1. The van der Waals surface area contributed by atoms with Crippen LogP contribution in [0.3, 0.4) is 0 Å². The molecule has 4 nitrogen and oxygen atoms in total. The van der Waals surface area contributed by atoms with E-state index in [0.29, 0.717) is 19.6 Å². The standard InChI is InChI=1S/C23H32N2O2S/c1-26-17-19-7-15-28-20(19)16-24-13-10-22(21-6-2-5-12-25-21)11-14-27-23(18-22)8-3-4-9-23/h2,5-7,12,15,24H,3-4,8-11,13-14,16-18H2,1H3/t22-/m1/s1/i1D3,13D2. The second-order valence-electron chi connectivity index (χ2n) is 8.03. The van der Waals surface area contributed by atoms with Crippen molar-refractivity contribution in [3.8, 4) is 0 Å². The van der Waals surface area contributed by atoms with Gasteiger partial charge in [-0.1, -0.05) is 18.9 Å². The normalized spacial score (nSPS) is 27.6. The Labute approximate surface area is 179 Å². The third-order valence-corrected chi connectivity index (χ3v) is 7.20. The van der Waals surface area contributed by atoms with Crippen LogP contribution in [0.2, 0.25) is 0 Å². The van der Waals surface area contributed by atoms with E-state index < -0.39 is 18.9 Å². The summed E-state index contributed by atoms with van der Waals surface area (Å²) in [4.78, 5) is 5.55. The zero-order valence-corrected chi connectivity index (χ0v) is 17.0. The van der Waals surface area contributed by atoms with Gasteiger partial charge in [-0.2, -0.15) is 0 Å². The molecule has 1 spiro atoms. The Kier molecular flexibility index (Phi) is 4.73. The Hall–Kier alpha value is -1.27. The molecule has 0 unspecified atom stereocenters. The van der Waals surface area contributed by atoms with Crippen LogP contribution >= 0.6 is 11.3 Å². The molecule has 5 heteroatoms. The third-order valence-electron chi connectivity index (χ3n) is 6.24. The quantitative estimate of drug-likeness (QED) is 0.683. The summed E-state index contributed by atoms with van der Waals surface area (Å²) in [7, 11) is -2.45. The van der Waals surface area contributed by atoms with Crippen molar-refractivity contribution in [3.63, 3.8) is 0 Å². The Morgan fingerprint density at radius 2 is 2.25 bits per heavy atom. The van der Waals surface area contributed by atoms with Gasteiger partial charge in [0.15, 0.2) is 0 Å². The summed E-state index contributed by atoms with van der Waals surface area (Å²) < 4.78 is 50.6. The highest BCUT2D eigenvalue weighted by Crippen LogP contribution is 2.49. The first kappa shape index (κ1) is 14.7. The lowest BCUT2D eigenvalue weighted by atomic mass is 9.68. The van der Waals surface area contributed by atoms with Crippen LogP contribution < -0.4 is 5.32 Å². The minimum absolute atomic E-state index is 0.0161. The van der Waals surface area contributed by atoms with Crippen molar-refractivity contribution >= 4 is 11.3 Å². The van der Waals surface area contributed by atoms with Crippen LogP contribution in [0.4, 0.5) is 0 Å². The molecular formula is C23H32N2O2S. The molecular weight excluding hydrogens is 368 g/mol. The van der Waals surface area contributed by atoms with Crippen molar-refractivity contribution in [1.29, 1.82) is 0 Å². The topological polar surface area (TPSA) is 43.4 Å². The number of methoxy groups -OCH3 is 1. The van der Waals surface area contributed by atoms with Crippen molar-refractivity contribution in [2.45, 2.75) is 69.1 Å². The molecule has 2 aliphatic rings. The summed E-state index contributed by atoms with van der Waals surface area (Å²) >= 11 is 1.47. The third kappa shape index (κ3) is 4.33. The van der Waals surface area contributed by atoms with E-state index in [1.54, 1.807) is 6.20 Å². The first-order valence-electron chi connectivity index (χ1n) is 12.6. The predicted molar refractivity (Wildman–Crippen MR) is 114 cm³/mol. The van der Waals surface area contributed by atoms with Gasteiger partial charge in [-0.3, -0.25) is 4.98 Å². The molecule has 2 fully saturated rings. The van der Waals surface area contributed by atoms with Gasteiger partial charge < -0.3 is 14.8 Å². The zero-order valence-electron chi connectivity index (χ0n) is 21.2. The van der Waals surface area contributed by atoms with E-state index in [1.165, 1.54) is 11.3 Å². The van der Waals surface area contributed by atoms with Crippen LogP contribution in [0.15, 0.2) is 35.8 Å². The van der Waals surface area contributed by atoms with E-state index in [4.69, 9.17) is 16.3 Å². The van der Waals surface area contributed by atoms with Crippen LogP contribution in [0.25, 0.3) is 0 Å². The van der Waals surface area contributed by atoms with Gasteiger partial charge >= 0.3 is 0 Å². The molecule has 2 aromatic rings. The van der Waals surface area contributed by atoms with Crippen LogP contribution in [0.5, 0.6) is 0 Å². The molecule has 1 N–H and O–H groups in total. The van der Waals surface area contributed by atoms with Gasteiger partial charge in [-0.15, -0.1) is 11.3 Å². The lowest BCUT2D eigenvalue weighted by Gasteiger charge is -2.46. The van der Waals surface area contributed by atoms with Crippen LogP contribution in [0, 0.1) is 0 Å². The average Bonchev–Trinajstić information content (AvgIpc) is 3.40. The maximum absolute atomic E-state index is 8.84. The first-order chi connectivity index (χ1) is 15.6. The molecule has 0 radical (unpaired) electrons. The number of hydrogen-bond donors (Lipinski definition) is 1. The Balaban J connectivity index is 1.49. The monoisotopic (exact) mass is 405 g/mol. The SMILES string of the molecule is [2H]C([2H])(C[C@@]1(c2ccccn2)CCOC2(CCCC2)C1)NCc1sccc1COC([2H])([2H])[2H]. The summed E-state index contributed by atoms with van der Waals surface area (Å²) in [6.45, 7) is -0.725. The lowest BCUT2D eigenvalue weighted by molar-refractivity contribution is -0.104. The largest absolute Gasteiger partial charge is 0.380 e. The van der Waals surface area contributed by atoms with Crippen LogP contribution in [-0.2, 0) is 28.0 Å². The fourth-order valence-electron chi connectivity index (χ4n) is 4.80. The summed E-state index contributed by atoms with van der Waals surface area (Å²) in [5.74, 6) is 0. The van der Waals surface area contributed by atoms with Crippen LogP contribution in [0.1, 0.15) is 67.9 Å². The summed E-state index contributed by atoms with van der Waals surface area (Å²) in [5.41, 5.74) is 1.14. The second kappa shape index (κ2) is 9.04. The zero-order chi connectivity index (χ0) is 23.6. The van der Waals surface area contributed by atoms with Crippen LogP contribution in [-0.4, -0.2) is 30.7 Å². The lowest BCUT2D eigenvalue weighted by Crippen LogP contribution is -2.47.